The van der Waals surface area contributed by atoms with Gasteiger partial charge in [0.05, 0.1) is 6.10 Å². The zero-order chi connectivity index (χ0) is 12.5. The zero-order valence-electron chi connectivity index (χ0n) is 11.3. The molecule has 3 N–H and O–H groups in total. The first-order valence-corrected chi connectivity index (χ1v) is 6.50. The van der Waals surface area contributed by atoms with Gasteiger partial charge in [0.1, 0.15) is 0 Å². The minimum absolute atomic E-state index is 0. The number of guanidine groups is 1. The monoisotopic (exact) mass is 371 g/mol. The summed E-state index contributed by atoms with van der Waals surface area (Å²) in [5.41, 5.74) is 0. The van der Waals surface area contributed by atoms with Gasteiger partial charge < -0.3 is 20.5 Å². The molecule has 108 valence electrons. The number of aliphatic imine (C=N–C) groups is 1. The van der Waals surface area contributed by atoms with E-state index < -0.39 is 0 Å². The average Bonchev–Trinajstić information content (AvgIpc) is 2.85. The summed E-state index contributed by atoms with van der Waals surface area (Å²) in [5, 5.41) is 15.4. The molecule has 0 aromatic heterocycles. The summed E-state index contributed by atoms with van der Waals surface area (Å²) in [6.45, 7) is 7.35. The predicted molar refractivity (Wildman–Crippen MR) is 84.6 cm³/mol. The number of halogens is 1. The molecule has 18 heavy (non-hydrogen) atoms. The van der Waals surface area contributed by atoms with Crippen molar-refractivity contribution in [1.29, 1.82) is 0 Å². The molecule has 0 aromatic rings. The van der Waals surface area contributed by atoms with Crippen molar-refractivity contribution in [3.05, 3.63) is 0 Å². The largest absolute Gasteiger partial charge is 0.396 e. The van der Waals surface area contributed by atoms with E-state index in [4.69, 9.17) is 9.84 Å². The molecule has 1 fully saturated rings. The number of hydrogen-bond donors (Lipinski definition) is 3. The SMILES string of the molecule is CCNC(=NCC(C)CO)NCC1CCCO1.I. The molecule has 6 heteroatoms. The lowest BCUT2D eigenvalue weighted by atomic mass is 10.2. The summed E-state index contributed by atoms with van der Waals surface area (Å²) in [5.74, 6) is 1.01. The Morgan fingerprint density at radius 1 is 1.50 bits per heavy atom. The summed E-state index contributed by atoms with van der Waals surface area (Å²) < 4.78 is 5.54. The third-order valence-electron chi connectivity index (χ3n) is 2.74. The van der Waals surface area contributed by atoms with E-state index in [2.05, 4.69) is 15.6 Å². The van der Waals surface area contributed by atoms with Crippen molar-refractivity contribution in [2.45, 2.75) is 32.8 Å². The van der Waals surface area contributed by atoms with E-state index in [0.717, 1.165) is 38.5 Å². The van der Waals surface area contributed by atoms with Gasteiger partial charge in [-0.2, -0.15) is 0 Å². The van der Waals surface area contributed by atoms with Crippen LogP contribution < -0.4 is 10.6 Å². The first-order valence-electron chi connectivity index (χ1n) is 6.50. The van der Waals surface area contributed by atoms with Crippen LogP contribution in [0.3, 0.4) is 0 Å². The Morgan fingerprint density at radius 2 is 2.28 bits per heavy atom. The van der Waals surface area contributed by atoms with E-state index in [1.807, 2.05) is 13.8 Å². The fourth-order valence-corrected chi connectivity index (χ4v) is 1.66. The molecule has 0 aromatic carbocycles. The fraction of sp³-hybridized carbons (Fsp3) is 0.917. The van der Waals surface area contributed by atoms with Crippen molar-refractivity contribution in [2.75, 3.05) is 32.8 Å². The molecule has 1 heterocycles. The number of aliphatic hydroxyl groups is 1. The maximum Gasteiger partial charge on any atom is 0.191 e. The molecule has 1 rings (SSSR count). The van der Waals surface area contributed by atoms with Crippen LogP contribution in [-0.2, 0) is 4.74 Å². The standard InChI is InChI=1S/C12H25N3O2.HI/c1-3-13-12(14-7-10(2)9-16)15-8-11-5-4-6-17-11;/h10-11,16H,3-9H2,1-2H3,(H2,13,14,15);1H. The Balaban J connectivity index is 0.00000289. The van der Waals surface area contributed by atoms with Gasteiger partial charge in [-0.3, -0.25) is 4.99 Å². The van der Waals surface area contributed by atoms with Gasteiger partial charge in [-0.1, -0.05) is 6.92 Å². The lowest BCUT2D eigenvalue weighted by molar-refractivity contribution is 0.113. The highest BCUT2D eigenvalue weighted by Gasteiger charge is 2.15. The van der Waals surface area contributed by atoms with Gasteiger partial charge in [0, 0.05) is 32.8 Å². The maximum absolute atomic E-state index is 8.95. The summed E-state index contributed by atoms with van der Waals surface area (Å²) in [7, 11) is 0. The molecular formula is C12H26IN3O2. The zero-order valence-corrected chi connectivity index (χ0v) is 13.6. The highest BCUT2D eigenvalue weighted by Crippen LogP contribution is 2.10. The molecule has 5 nitrogen and oxygen atoms in total. The second-order valence-electron chi connectivity index (χ2n) is 4.52. The Kier molecular flexibility index (Phi) is 10.8. The van der Waals surface area contributed by atoms with Gasteiger partial charge in [-0.15, -0.1) is 24.0 Å². The Bertz CT molecular complexity index is 233. The van der Waals surface area contributed by atoms with Gasteiger partial charge >= 0.3 is 0 Å². The molecule has 0 bridgehead atoms. The third-order valence-corrected chi connectivity index (χ3v) is 2.74. The van der Waals surface area contributed by atoms with Crippen LogP contribution in [0.5, 0.6) is 0 Å². The third kappa shape index (κ3) is 7.38. The van der Waals surface area contributed by atoms with Crippen molar-refractivity contribution in [2.24, 2.45) is 10.9 Å². The highest BCUT2D eigenvalue weighted by atomic mass is 127. The summed E-state index contributed by atoms with van der Waals surface area (Å²) >= 11 is 0. The average molecular weight is 371 g/mol. The molecule has 2 atom stereocenters. The van der Waals surface area contributed by atoms with Crippen LogP contribution in [0, 0.1) is 5.92 Å². The molecule has 0 amide bonds. The van der Waals surface area contributed by atoms with Crippen LogP contribution in [-0.4, -0.2) is 50.0 Å². The smallest absolute Gasteiger partial charge is 0.191 e. The van der Waals surface area contributed by atoms with Crippen molar-refractivity contribution in [1.82, 2.24) is 10.6 Å². The molecule has 1 aliphatic heterocycles. The van der Waals surface area contributed by atoms with E-state index in [0.29, 0.717) is 12.6 Å². The molecule has 0 aliphatic carbocycles. The number of ether oxygens (including phenoxy) is 1. The van der Waals surface area contributed by atoms with E-state index in [1.54, 1.807) is 0 Å². The normalized spacial score (nSPS) is 21.3. The molecular weight excluding hydrogens is 345 g/mol. The van der Waals surface area contributed by atoms with Crippen molar-refractivity contribution in [3.8, 4) is 0 Å². The molecule has 0 radical (unpaired) electrons. The van der Waals surface area contributed by atoms with E-state index in [-0.39, 0.29) is 36.5 Å². The van der Waals surface area contributed by atoms with Crippen LogP contribution in [0.15, 0.2) is 4.99 Å². The first kappa shape index (κ1) is 17.9. The van der Waals surface area contributed by atoms with E-state index in [9.17, 15) is 0 Å². The predicted octanol–water partition coefficient (Wildman–Crippen LogP) is 0.967. The summed E-state index contributed by atoms with van der Waals surface area (Å²) in [6, 6.07) is 0. The topological polar surface area (TPSA) is 65.9 Å². The molecule has 0 saturated carbocycles. The van der Waals surface area contributed by atoms with Crippen LogP contribution in [0.1, 0.15) is 26.7 Å². The number of aliphatic hydroxyl groups excluding tert-OH is 1. The lowest BCUT2D eigenvalue weighted by Gasteiger charge is -2.15. The van der Waals surface area contributed by atoms with Crippen molar-refractivity contribution in [3.63, 3.8) is 0 Å². The van der Waals surface area contributed by atoms with Gasteiger partial charge in [-0.25, -0.2) is 0 Å². The maximum atomic E-state index is 8.95. The second kappa shape index (κ2) is 10.8. The Hall–Kier alpha value is -0.0800. The summed E-state index contributed by atoms with van der Waals surface area (Å²) in [4.78, 5) is 4.42. The second-order valence-corrected chi connectivity index (χ2v) is 4.52. The van der Waals surface area contributed by atoms with Gasteiger partial charge in [0.2, 0.25) is 0 Å². The molecule has 1 saturated heterocycles. The van der Waals surface area contributed by atoms with E-state index >= 15 is 0 Å². The summed E-state index contributed by atoms with van der Waals surface area (Å²) in [6.07, 6.45) is 2.59. The number of hydrogen-bond acceptors (Lipinski definition) is 3. The van der Waals surface area contributed by atoms with Crippen LogP contribution in [0.4, 0.5) is 0 Å². The highest BCUT2D eigenvalue weighted by molar-refractivity contribution is 14.0. The fourth-order valence-electron chi connectivity index (χ4n) is 1.66. The number of nitrogens with one attached hydrogen (secondary N) is 2. The first-order chi connectivity index (χ1) is 8.26. The van der Waals surface area contributed by atoms with Gasteiger partial charge in [-0.05, 0) is 25.7 Å². The Labute approximate surface area is 127 Å². The minimum Gasteiger partial charge on any atom is -0.396 e. The van der Waals surface area contributed by atoms with Crippen molar-refractivity contribution < 1.29 is 9.84 Å². The quantitative estimate of drug-likeness (QED) is 0.370. The van der Waals surface area contributed by atoms with E-state index in [1.165, 1.54) is 0 Å². The van der Waals surface area contributed by atoms with Crippen LogP contribution in [0.2, 0.25) is 0 Å². The van der Waals surface area contributed by atoms with Crippen LogP contribution >= 0.6 is 24.0 Å². The molecule has 1 aliphatic rings. The van der Waals surface area contributed by atoms with Crippen molar-refractivity contribution >= 4 is 29.9 Å². The number of nitrogens with zero attached hydrogens (tertiary/aromatic N) is 1. The van der Waals surface area contributed by atoms with Crippen LogP contribution in [0.25, 0.3) is 0 Å². The minimum atomic E-state index is 0. The molecule has 2 unspecified atom stereocenters. The van der Waals surface area contributed by atoms with Gasteiger partial charge in [0.25, 0.3) is 0 Å². The Morgan fingerprint density at radius 3 is 2.83 bits per heavy atom. The lowest BCUT2D eigenvalue weighted by Crippen LogP contribution is -2.41. The number of rotatable bonds is 6. The molecule has 0 spiro atoms. The van der Waals surface area contributed by atoms with Gasteiger partial charge in [0.15, 0.2) is 5.96 Å².